The van der Waals surface area contributed by atoms with Gasteiger partial charge in [-0.25, -0.2) is 4.99 Å². The fraction of sp³-hybridized carbons (Fsp3) is 0.0714. The highest BCUT2D eigenvalue weighted by Gasteiger charge is 2.24. The lowest BCUT2D eigenvalue weighted by molar-refractivity contribution is -0.115. The Balaban J connectivity index is 1.34. The lowest BCUT2D eigenvalue weighted by Crippen LogP contribution is -2.19. The lowest BCUT2D eigenvalue weighted by Gasteiger charge is -2.11. The Labute approximate surface area is 212 Å². The van der Waals surface area contributed by atoms with Crippen LogP contribution in [0.5, 0.6) is 11.5 Å². The number of ether oxygens (including phenoxy) is 2. The van der Waals surface area contributed by atoms with Crippen LogP contribution in [-0.4, -0.2) is 18.2 Å². The number of carbonyl (C=O) groups excluding carboxylic acids is 1. The number of benzene rings is 4. The molecule has 5 rings (SSSR count). The Bertz CT molecular complexity index is 1460. The summed E-state index contributed by atoms with van der Waals surface area (Å²) in [7, 11) is 1.59. The summed E-state index contributed by atoms with van der Waals surface area (Å²) in [4.78, 5) is 17.8. The molecule has 0 aliphatic carbocycles. The van der Waals surface area contributed by atoms with Crippen LogP contribution < -0.4 is 14.8 Å². The summed E-state index contributed by atoms with van der Waals surface area (Å²) in [6.07, 6.45) is 1.82. The van der Waals surface area contributed by atoms with Gasteiger partial charge in [0.25, 0.3) is 5.91 Å². The molecule has 1 aliphatic rings. The number of hydrogen-bond donors (Lipinski definition) is 1. The topological polar surface area (TPSA) is 59.9 Å². The molecule has 0 bridgehead atoms. The SMILES string of the molecule is COc1cc(C=C2SC(=Nc3cccc4ccccc34)NC2=O)ccc1OCc1ccc(Cl)cc1. The number of rotatable bonds is 6. The van der Waals surface area contributed by atoms with Crippen molar-refractivity contribution in [3.8, 4) is 11.5 Å². The van der Waals surface area contributed by atoms with Crippen LogP contribution in [0.1, 0.15) is 11.1 Å². The number of aliphatic imine (C=N–C) groups is 1. The minimum Gasteiger partial charge on any atom is -0.493 e. The smallest absolute Gasteiger partial charge is 0.264 e. The first-order chi connectivity index (χ1) is 17.1. The molecular formula is C28H21ClN2O3S. The normalized spacial score (nSPS) is 15.5. The van der Waals surface area contributed by atoms with Crippen molar-refractivity contribution in [3.63, 3.8) is 0 Å². The van der Waals surface area contributed by atoms with Crippen LogP contribution >= 0.6 is 23.4 Å². The van der Waals surface area contributed by atoms with Gasteiger partial charge in [0.15, 0.2) is 16.7 Å². The number of carbonyl (C=O) groups is 1. The van der Waals surface area contributed by atoms with Crippen molar-refractivity contribution in [1.82, 2.24) is 5.32 Å². The maximum absolute atomic E-state index is 12.6. The van der Waals surface area contributed by atoms with E-state index in [1.807, 2.05) is 91.0 Å². The first kappa shape index (κ1) is 23.0. The predicted octanol–water partition coefficient (Wildman–Crippen LogP) is 6.97. The zero-order valence-corrected chi connectivity index (χ0v) is 20.4. The summed E-state index contributed by atoms with van der Waals surface area (Å²) in [6.45, 7) is 0.389. The first-order valence-electron chi connectivity index (χ1n) is 10.9. The second-order valence-corrected chi connectivity index (χ2v) is 9.27. The van der Waals surface area contributed by atoms with Gasteiger partial charge < -0.3 is 14.8 Å². The molecular weight excluding hydrogens is 480 g/mol. The van der Waals surface area contributed by atoms with E-state index in [0.717, 1.165) is 27.6 Å². The molecule has 174 valence electrons. The van der Waals surface area contributed by atoms with Crippen LogP contribution in [0.4, 0.5) is 5.69 Å². The van der Waals surface area contributed by atoms with Gasteiger partial charge in [-0.3, -0.25) is 4.79 Å². The number of nitrogens with zero attached hydrogens (tertiary/aromatic N) is 1. The van der Waals surface area contributed by atoms with Gasteiger partial charge in [0.1, 0.15) is 6.61 Å². The molecule has 0 saturated carbocycles. The Hall–Kier alpha value is -3.74. The van der Waals surface area contributed by atoms with E-state index in [1.54, 1.807) is 7.11 Å². The minimum absolute atomic E-state index is 0.184. The average molecular weight is 501 g/mol. The molecule has 1 aliphatic heterocycles. The molecule has 1 fully saturated rings. The Morgan fingerprint density at radius 3 is 2.60 bits per heavy atom. The van der Waals surface area contributed by atoms with Crippen LogP contribution in [0.2, 0.25) is 5.02 Å². The van der Waals surface area contributed by atoms with E-state index in [2.05, 4.69) is 10.3 Å². The van der Waals surface area contributed by atoms with E-state index >= 15 is 0 Å². The van der Waals surface area contributed by atoms with Gasteiger partial charge in [0.2, 0.25) is 0 Å². The number of amides is 1. The molecule has 7 heteroatoms. The van der Waals surface area contributed by atoms with Crippen molar-refractivity contribution in [2.45, 2.75) is 6.61 Å². The number of halogens is 1. The largest absolute Gasteiger partial charge is 0.493 e. The maximum Gasteiger partial charge on any atom is 0.264 e. The zero-order valence-electron chi connectivity index (χ0n) is 18.8. The molecule has 0 unspecified atom stereocenters. The van der Waals surface area contributed by atoms with E-state index in [9.17, 15) is 4.79 Å². The molecule has 5 nitrogen and oxygen atoms in total. The number of methoxy groups -OCH3 is 1. The summed E-state index contributed by atoms with van der Waals surface area (Å²) >= 11 is 7.25. The highest BCUT2D eigenvalue weighted by molar-refractivity contribution is 8.18. The quantitative estimate of drug-likeness (QED) is 0.290. The highest BCUT2D eigenvalue weighted by Crippen LogP contribution is 2.34. The summed E-state index contributed by atoms with van der Waals surface area (Å²) in [5.74, 6) is 1.02. The fourth-order valence-corrected chi connectivity index (χ4v) is 4.64. The fourth-order valence-electron chi connectivity index (χ4n) is 3.68. The van der Waals surface area contributed by atoms with Crippen molar-refractivity contribution in [1.29, 1.82) is 0 Å². The van der Waals surface area contributed by atoms with Crippen LogP contribution in [0.15, 0.2) is 94.8 Å². The number of amidine groups is 1. The molecule has 35 heavy (non-hydrogen) atoms. The Kier molecular flexibility index (Phi) is 6.75. The molecule has 0 atom stereocenters. The van der Waals surface area contributed by atoms with Crippen molar-refractivity contribution in [2.24, 2.45) is 4.99 Å². The predicted molar refractivity (Wildman–Crippen MR) is 144 cm³/mol. The monoisotopic (exact) mass is 500 g/mol. The van der Waals surface area contributed by atoms with Gasteiger partial charge in [0, 0.05) is 10.4 Å². The van der Waals surface area contributed by atoms with Crippen LogP contribution in [0.3, 0.4) is 0 Å². The van der Waals surface area contributed by atoms with Gasteiger partial charge in [0.05, 0.1) is 17.7 Å². The van der Waals surface area contributed by atoms with Crippen molar-refractivity contribution in [3.05, 3.63) is 106 Å². The third kappa shape index (κ3) is 5.34. The van der Waals surface area contributed by atoms with Gasteiger partial charge in [-0.05, 0) is 64.7 Å². The van der Waals surface area contributed by atoms with Crippen LogP contribution in [-0.2, 0) is 11.4 Å². The molecule has 1 amide bonds. The summed E-state index contributed by atoms with van der Waals surface area (Å²) < 4.78 is 11.4. The van der Waals surface area contributed by atoms with Crippen molar-refractivity contribution < 1.29 is 14.3 Å². The molecule has 1 saturated heterocycles. The van der Waals surface area contributed by atoms with E-state index in [4.69, 9.17) is 21.1 Å². The van der Waals surface area contributed by atoms with E-state index in [1.165, 1.54) is 11.8 Å². The van der Waals surface area contributed by atoms with Gasteiger partial charge in [-0.2, -0.15) is 0 Å². The lowest BCUT2D eigenvalue weighted by atomic mass is 10.1. The number of thioether (sulfide) groups is 1. The van der Waals surface area contributed by atoms with Crippen molar-refractivity contribution in [2.75, 3.05) is 7.11 Å². The first-order valence-corrected chi connectivity index (χ1v) is 12.1. The third-order valence-corrected chi connectivity index (χ3v) is 6.59. The highest BCUT2D eigenvalue weighted by atomic mass is 35.5. The zero-order chi connectivity index (χ0) is 24.2. The maximum atomic E-state index is 12.6. The number of hydrogen-bond acceptors (Lipinski definition) is 5. The molecule has 4 aromatic carbocycles. The van der Waals surface area contributed by atoms with Crippen LogP contribution in [0.25, 0.3) is 16.8 Å². The van der Waals surface area contributed by atoms with E-state index < -0.39 is 0 Å². The summed E-state index contributed by atoms with van der Waals surface area (Å²) in [5, 5.41) is 6.23. The summed E-state index contributed by atoms with van der Waals surface area (Å²) in [5.41, 5.74) is 2.64. The molecule has 4 aromatic rings. The van der Waals surface area contributed by atoms with Crippen LogP contribution in [0, 0.1) is 0 Å². The van der Waals surface area contributed by atoms with E-state index in [0.29, 0.717) is 33.2 Å². The summed E-state index contributed by atoms with van der Waals surface area (Å²) in [6, 6.07) is 27.0. The standard InChI is InChI=1S/C28H21ClN2O3S/c1-33-25-15-19(11-14-24(25)34-17-18-9-12-21(29)13-10-18)16-26-27(32)31-28(35-26)30-23-8-4-6-20-5-2-3-7-22(20)23/h2-16H,17H2,1H3,(H,30,31,32). The average Bonchev–Trinajstić information content (AvgIpc) is 3.22. The third-order valence-electron chi connectivity index (χ3n) is 5.43. The molecule has 0 radical (unpaired) electrons. The Morgan fingerprint density at radius 2 is 1.77 bits per heavy atom. The molecule has 0 aromatic heterocycles. The molecule has 1 heterocycles. The van der Waals surface area contributed by atoms with Gasteiger partial charge >= 0.3 is 0 Å². The van der Waals surface area contributed by atoms with E-state index in [-0.39, 0.29) is 5.91 Å². The Morgan fingerprint density at radius 1 is 0.971 bits per heavy atom. The molecule has 1 N–H and O–H groups in total. The second kappa shape index (κ2) is 10.3. The van der Waals surface area contributed by atoms with Gasteiger partial charge in [-0.1, -0.05) is 66.2 Å². The number of fused-ring (bicyclic) bond motifs is 1. The second-order valence-electron chi connectivity index (χ2n) is 7.81. The van der Waals surface area contributed by atoms with Crippen molar-refractivity contribution >= 4 is 57.0 Å². The van der Waals surface area contributed by atoms with Gasteiger partial charge in [-0.15, -0.1) is 0 Å². The number of nitrogens with one attached hydrogen (secondary N) is 1. The molecule has 0 spiro atoms. The minimum atomic E-state index is -0.184.